The second kappa shape index (κ2) is 3.46. The summed E-state index contributed by atoms with van der Waals surface area (Å²) < 4.78 is 13.4. The van der Waals surface area contributed by atoms with E-state index in [0.717, 1.165) is 19.5 Å². The van der Waals surface area contributed by atoms with Gasteiger partial charge in [-0.05, 0) is 54.5 Å². The predicted molar refractivity (Wildman–Crippen MR) is 58.8 cm³/mol. The first-order chi connectivity index (χ1) is 7.24. The van der Waals surface area contributed by atoms with Gasteiger partial charge in [-0.15, -0.1) is 0 Å². The van der Waals surface area contributed by atoms with Crippen LogP contribution in [0, 0.1) is 11.7 Å². The summed E-state index contributed by atoms with van der Waals surface area (Å²) in [5.74, 6) is 0.913. The van der Waals surface area contributed by atoms with Crippen molar-refractivity contribution >= 4 is 11.6 Å². The van der Waals surface area contributed by atoms with E-state index < -0.39 is 0 Å². The average molecular weight is 226 g/mol. The number of nitrogens with one attached hydrogen (secondary N) is 1. The van der Waals surface area contributed by atoms with Gasteiger partial charge in [0.15, 0.2) is 0 Å². The molecule has 15 heavy (non-hydrogen) atoms. The van der Waals surface area contributed by atoms with E-state index in [4.69, 9.17) is 11.6 Å². The lowest BCUT2D eigenvalue weighted by molar-refractivity contribution is 0.317. The van der Waals surface area contributed by atoms with Crippen molar-refractivity contribution in [3.05, 3.63) is 34.1 Å². The molecule has 1 heterocycles. The summed E-state index contributed by atoms with van der Waals surface area (Å²) >= 11 is 5.81. The van der Waals surface area contributed by atoms with Crippen LogP contribution in [-0.2, 0) is 6.42 Å². The molecule has 1 aliphatic carbocycles. The Morgan fingerprint density at radius 2 is 2.20 bits per heavy atom. The first kappa shape index (κ1) is 9.61. The second-order valence-corrected chi connectivity index (χ2v) is 5.03. The van der Waals surface area contributed by atoms with Crippen LogP contribution in [0.4, 0.5) is 4.39 Å². The fraction of sp³-hybridized carbons (Fsp3) is 0.500. The van der Waals surface area contributed by atoms with Crippen LogP contribution < -0.4 is 5.32 Å². The van der Waals surface area contributed by atoms with Gasteiger partial charge in [0, 0.05) is 6.54 Å². The van der Waals surface area contributed by atoms with Gasteiger partial charge in [-0.25, -0.2) is 4.39 Å². The van der Waals surface area contributed by atoms with E-state index in [1.807, 2.05) is 6.07 Å². The lowest BCUT2D eigenvalue weighted by atomic mass is 9.74. The highest BCUT2D eigenvalue weighted by atomic mass is 35.5. The van der Waals surface area contributed by atoms with Crippen molar-refractivity contribution in [3.63, 3.8) is 0 Å². The molecule has 0 amide bonds. The maximum absolute atomic E-state index is 13.4. The van der Waals surface area contributed by atoms with Crippen LogP contribution in [0.15, 0.2) is 12.1 Å². The van der Waals surface area contributed by atoms with Crippen LogP contribution in [0.2, 0.25) is 5.02 Å². The SMILES string of the molecule is Fc1cc2c(cc1Cl)CC1CNCC2C1. The molecule has 1 fully saturated rings. The molecular formula is C12H13ClFN. The van der Waals surface area contributed by atoms with Gasteiger partial charge in [0.2, 0.25) is 0 Å². The summed E-state index contributed by atoms with van der Waals surface area (Å²) in [4.78, 5) is 0. The number of halogens is 2. The molecule has 1 N–H and O–H groups in total. The molecule has 0 spiro atoms. The van der Waals surface area contributed by atoms with Gasteiger partial charge < -0.3 is 5.32 Å². The van der Waals surface area contributed by atoms with E-state index in [0.29, 0.717) is 11.8 Å². The van der Waals surface area contributed by atoms with Crippen molar-refractivity contribution in [1.29, 1.82) is 0 Å². The number of hydrogen-bond acceptors (Lipinski definition) is 1. The quantitative estimate of drug-likeness (QED) is 0.716. The van der Waals surface area contributed by atoms with Crippen LogP contribution in [0.1, 0.15) is 23.5 Å². The summed E-state index contributed by atoms with van der Waals surface area (Å²) in [5.41, 5.74) is 2.42. The Morgan fingerprint density at radius 3 is 3.07 bits per heavy atom. The van der Waals surface area contributed by atoms with E-state index in [1.165, 1.54) is 17.5 Å². The van der Waals surface area contributed by atoms with Crippen molar-refractivity contribution in [2.45, 2.75) is 18.8 Å². The van der Waals surface area contributed by atoms with Crippen LogP contribution in [-0.4, -0.2) is 13.1 Å². The Labute approximate surface area is 93.6 Å². The maximum atomic E-state index is 13.4. The minimum atomic E-state index is -0.278. The van der Waals surface area contributed by atoms with Gasteiger partial charge in [-0.2, -0.15) is 0 Å². The lowest BCUT2D eigenvalue weighted by Crippen LogP contribution is -2.39. The molecule has 1 nitrogen and oxygen atoms in total. The number of hydrogen-bond donors (Lipinski definition) is 1. The van der Waals surface area contributed by atoms with Crippen molar-refractivity contribution in [2.75, 3.05) is 13.1 Å². The molecule has 3 rings (SSSR count). The minimum absolute atomic E-state index is 0.265. The monoisotopic (exact) mass is 225 g/mol. The summed E-state index contributed by atoms with van der Waals surface area (Å²) in [7, 11) is 0. The third-order valence-electron chi connectivity index (χ3n) is 3.57. The summed E-state index contributed by atoms with van der Waals surface area (Å²) in [6, 6.07) is 3.45. The van der Waals surface area contributed by atoms with Gasteiger partial charge in [0.1, 0.15) is 5.82 Å². The van der Waals surface area contributed by atoms with Gasteiger partial charge in [-0.3, -0.25) is 0 Å². The van der Waals surface area contributed by atoms with Gasteiger partial charge in [0.25, 0.3) is 0 Å². The zero-order chi connectivity index (χ0) is 10.4. The number of fused-ring (bicyclic) bond motifs is 4. The highest BCUT2D eigenvalue weighted by Crippen LogP contribution is 2.38. The summed E-state index contributed by atoms with van der Waals surface area (Å²) in [6.45, 7) is 2.06. The molecule has 1 aromatic rings. The average Bonchev–Trinajstić information content (AvgIpc) is 2.22. The van der Waals surface area contributed by atoms with E-state index in [-0.39, 0.29) is 10.8 Å². The number of piperidine rings is 1. The van der Waals surface area contributed by atoms with Crippen molar-refractivity contribution < 1.29 is 4.39 Å². The first-order valence-electron chi connectivity index (χ1n) is 5.42. The molecule has 0 aromatic heterocycles. The Kier molecular flexibility index (Phi) is 2.22. The highest BCUT2D eigenvalue weighted by molar-refractivity contribution is 6.30. The van der Waals surface area contributed by atoms with Gasteiger partial charge >= 0.3 is 0 Å². The Balaban J connectivity index is 2.09. The smallest absolute Gasteiger partial charge is 0.142 e. The van der Waals surface area contributed by atoms with E-state index in [9.17, 15) is 4.39 Å². The van der Waals surface area contributed by atoms with Crippen molar-refractivity contribution in [1.82, 2.24) is 5.32 Å². The molecule has 1 aliphatic heterocycles. The molecule has 80 valence electrons. The molecule has 2 aliphatic rings. The van der Waals surface area contributed by atoms with E-state index in [1.54, 1.807) is 6.07 Å². The lowest BCUT2D eigenvalue weighted by Gasteiger charge is -2.36. The topological polar surface area (TPSA) is 12.0 Å². The van der Waals surface area contributed by atoms with Crippen LogP contribution in [0.25, 0.3) is 0 Å². The highest BCUT2D eigenvalue weighted by Gasteiger charge is 2.30. The molecule has 1 saturated heterocycles. The zero-order valence-corrected chi connectivity index (χ0v) is 9.15. The maximum Gasteiger partial charge on any atom is 0.142 e. The number of rotatable bonds is 0. The Hall–Kier alpha value is -0.600. The summed E-state index contributed by atoms with van der Waals surface area (Å²) in [6.07, 6.45) is 2.24. The fourth-order valence-corrected chi connectivity index (χ4v) is 3.08. The number of benzene rings is 1. The minimum Gasteiger partial charge on any atom is -0.316 e. The van der Waals surface area contributed by atoms with Crippen molar-refractivity contribution in [2.24, 2.45) is 5.92 Å². The molecule has 0 saturated carbocycles. The van der Waals surface area contributed by atoms with Crippen LogP contribution in [0.5, 0.6) is 0 Å². The van der Waals surface area contributed by atoms with E-state index in [2.05, 4.69) is 5.32 Å². The molecular weight excluding hydrogens is 213 g/mol. The fourth-order valence-electron chi connectivity index (χ4n) is 2.89. The first-order valence-corrected chi connectivity index (χ1v) is 5.80. The third-order valence-corrected chi connectivity index (χ3v) is 3.86. The molecule has 2 bridgehead atoms. The molecule has 2 unspecified atom stereocenters. The zero-order valence-electron chi connectivity index (χ0n) is 8.39. The second-order valence-electron chi connectivity index (χ2n) is 4.63. The van der Waals surface area contributed by atoms with Crippen molar-refractivity contribution in [3.8, 4) is 0 Å². The predicted octanol–water partition coefficient (Wildman–Crippen LogP) is 2.73. The molecule has 3 heteroatoms. The molecule has 2 atom stereocenters. The van der Waals surface area contributed by atoms with Gasteiger partial charge in [-0.1, -0.05) is 11.6 Å². The standard InChI is InChI=1S/C12H13ClFN/c13-11-3-8-1-7-2-9(6-15-5-7)10(8)4-12(11)14/h3-4,7,9,15H,1-2,5-6H2. The van der Waals surface area contributed by atoms with Crippen LogP contribution >= 0.6 is 11.6 Å². The van der Waals surface area contributed by atoms with E-state index >= 15 is 0 Å². The third kappa shape index (κ3) is 1.56. The molecule has 0 radical (unpaired) electrons. The normalized spacial score (nSPS) is 28.7. The molecule has 1 aromatic carbocycles. The Morgan fingerprint density at radius 1 is 1.33 bits per heavy atom. The van der Waals surface area contributed by atoms with Gasteiger partial charge in [0.05, 0.1) is 5.02 Å². The largest absolute Gasteiger partial charge is 0.316 e. The summed E-state index contributed by atoms with van der Waals surface area (Å²) in [5, 5.41) is 3.67. The van der Waals surface area contributed by atoms with Crippen LogP contribution in [0.3, 0.4) is 0 Å². The Bertz CT molecular complexity index is 405.